The Balaban J connectivity index is 1.50. The zero-order valence-electron chi connectivity index (χ0n) is 15.7. The number of thioether (sulfide) groups is 1. The summed E-state index contributed by atoms with van der Waals surface area (Å²) < 4.78 is 1.63. The Morgan fingerprint density at radius 3 is 2.71 bits per heavy atom. The normalized spacial score (nSPS) is 21.4. The number of aromatic nitrogens is 2. The van der Waals surface area contributed by atoms with Crippen molar-refractivity contribution >= 4 is 35.4 Å². The van der Waals surface area contributed by atoms with Gasteiger partial charge in [0.25, 0.3) is 5.91 Å². The first-order valence-electron chi connectivity index (χ1n) is 9.03. The first kappa shape index (κ1) is 18.5. The van der Waals surface area contributed by atoms with Crippen molar-refractivity contribution in [2.75, 3.05) is 23.4 Å². The van der Waals surface area contributed by atoms with Gasteiger partial charge in [-0.2, -0.15) is 16.9 Å². The maximum Gasteiger partial charge on any atom is 0.325 e. The van der Waals surface area contributed by atoms with Gasteiger partial charge in [0.1, 0.15) is 17.9 Å². The van der Waals surface area contributed by atoms with E-state index in [1.165, 1.54) is 0 Å². The van der Waals surface area contributed by atoms with Crippen molar-refractivity contribution in [2.45, 2.75) is 25.8 Å². The highest BCUT2D eigenvalue weighted by molar-refractivity contribution is 7.99. The molecule has 2 saturated heterocycles. The molecule has 1 atom stereocenters. The minimum Gasteiger partial charge on any atom is -0.322 e. The minimum atomic E-state index is -0.845. The molecule has 1 unspecified atom stereocenters. The van der Waals surface area contributed by atoms with Gasteiger partial charge in [-0.1, -0.05) is 17.7 Å². The average Bonchev–Trinajstić information content (AvgIpc) is 3.32. The number of imide groups is 1. The molecular formula is C19H21N5O3S. The lowest BCUT2D eigenvalue weighted by Gasteiger charge is -2.19. The smallest absolute Gasteiger partial charge is 0.322 e. The van der Waals surface area contributed by atoms with Crippen LogP contribution in [0.5, 0.6) is 0 Å². The monoisotopic (exact) mass is 399 g/mol. The Labute approximate surface area is 166 Å². The number of hydrogen-bond donors (Lipinski definition) is 2. The minimum absolute atomic E-state index is 0.319. The van der Waals surface area contributed by atoms with E-state index in [9.17, 15) is 14.4 Å². The van der Waals surface area contributed by atoms with Crippen LogP contribution in [-0.2, 0) is 9.59 Å². The summed E-state index contributed by atoms with van der Waals surface area (Å²) in [6.07, 6.45) is 0.597. The molecule has 2 aliphatic rings. The molecule has 4 rings (SSSR count). The van der Waals surface area contributed by atoms with E-state index >= 15 is 0 Å². The number of carbonyl (C=O) groups is 3. The van der Waals surface area contributed by atoms with Gasteiger partial charge in [-0.25, -0.2) is 9.48 Å². The Kier molecular flexibility index (Phi) is 4.62. The zero-order chi connectivity index (χ0) is 19.9. The van der Waals surface area contributed by atoms with Crippen LogP contribution in [0.25, 0.3) is 5.69 Å². The summed E-state index contributed by atoms with van der Waals surface area (Å²) >= 11 is 1.63. The summed E-state index contributed by atoms with van der Waals surface area (Å²) in [6.45, 7) is 3.50. The third kappa shape index (κ3) is 3.26. The van der Waals surface area contributed by atoms with E-state index in [2.05, 4.69) is 15.7 Å². The summed E-state index contributed by atoms with van der Waals surface area (Å²) in [5, 5.41) is 9.96. The summed E-state index contributed by atoms with van der Waals surface area (Å²) in [5.74, 6) is 1.10. The number of nitrogens with one attached hydrogen (secondary N) is 2. The molecule has 2 aromatic rings. The van der Waals surface area contributed by atoms with Gasteiger partial charge in [0.2, 0.25) is 5.91 Å². The van der Waals surface area contributed by atoms with Gasteiger partial charge in [0.15, 0.2) is 0 Å². The highest BCUT2D eigenvalue weighted by Gasteiger charge is 2.53. The molecule has 2 fully saturated rings. The lowest BCUT2D eigenvalue weighted by atomic mass is 9.99. The van der Waals surface area contributed by atoms with Gasteiger partial charge < -0.3 is 10.6 Å². The molecule has 1 aromatic carbocycles. The molecule has 1 spiro atoms. The standard InChI is InChI=1S/C19H21N5O3S/c1-12-3-5-14(6-4-12)24-15(9-13(2)22-24)20-16(25)10-23-17(26)19(21-18(23)27)7-8-28-11-19/h3-6,9H,7-8,10-11H2,1-2H3,(H,20,25)(H,21,27). The first-order chi connectivity index (χ1) is 13.4. The van der Waals surface area contributed by atoms with Gasteiger partial charge in [0, 0.05) is 11.8 Å². The van der Waals surface area contributed by atoms with Crippen molar-refractivity contribution in [3.63, 3.8) is 0 Å². The number of carbonyl (C=O) groups excluding carboxylic acids is 3. The summed E-state index contributed by atoms with van der Waals surface area (Å²) in [7, 11) is 0. The second kappa shape index (κ2) is 6.97. The number of anilines is 1. The van der Waals surface area contributed by atoms with E-state index < -0.39 is 17.5 Å². The predicted molar refractivity (Wildman–Crippen MR) is 107 cm³/mol. The SMILES string of the molecule is Cc1ccc(-n2nc(C)cc2NC(=O)CN2C(=O)NC3(CCSC3)C2=O)cc1. The van der Waals surface area contributed by atoms with E-state index in [1.807, 2.05) is 38.1 Å². The van der Waals surface area contributed by atoms with Crippen molar-refractivity contribution in [1.82, 2.24) is 20.0 Å². The van der Waals surface area contributed by atoms with E-state index in [0.717, 1.165) is 27.6 Å². The van der Waals surface area contributed by atoms with Crippen LogP contribution in [0.1, 0.15) is 17.7 Å². The molecule has 146 valence electrons. The summed E-state index contributed by atoms with van der Waals surface area (Å²) in [5.41, 5.74) is 1.83. The van der Waals surface area contributed by atoms with Crippen LogP contribution in [0.3, 0.4) is 0 Å². The molecule has 28 heavy (non-hydrogen) atoms. The van der Waals surface area contributed by atoms with Crippen molar-refractivity contribution in [1.29, 1.82) is 0 Å². The van der Waals surface area contributed by atoms with Gasteiger partial charge in [0.05, 0.1) is 11.4 Å². The van der Waals surface area contributed by atoms with Crippen molar-refractivity contribution < 1.29 is 14.4 Å². The molecule has 0 aliphatic carbocycles. The van der Waals surface area contributed by atoms with Gasteiger partial charge in [-0.3, -0.25) is 14.5 Å². The third-order valence-electron chi connectivity index (χ3n) is 4.95. The number of hydrogen-bond acceptors (Lipinski definition) is 5. The second-order valence-electron chi connectivity index (χ2n) is 7.17. The molecule has 1 aromatic heterocycles. The zero-order valence-corrected chi connectivity index (χ0v) is 16.5. The molecule has 4 amide bonds. The van der Waals surface area contributed by atoms with Gasteiger partial charge in [-0.15, -0.1) is 0 Å². The predicted octanol–water partition coefficient (Wildman–Crippen LogP) is 1.86. The van der Waals surface area contributed by atoms with Crippen LogP contribution in [0.2, 0.25) is 0 Å². The summed E-state index contributed by atoms with van der Waals surface area (Å²) in [6, 6.07) is 8.99. The topological polar surface area (TPSA) is 96.3 Å². The van der Waals surface area contributed by atoms with Crippen molar-refractivity contribution in [2.24, 2.45) is 0 Å². The van der Waals surface area contributed by atoms with Crippen LogP contribution >= 0.6 is 11.8 Å². The lowest BCUT2D eigenvalue weighted by Crippen LogP contribution is -2.47. The number of aryl methyl sites for hydroxylation is 2. The Hall–Kier alpha value is -2.81. The Morgan fingerprint density at radius 2 is 2.04 bits per heavy atom. The van der Waals surface area contributed by atoms with Crippen LogP contribution in [-0.4, -0.2) is 56.1 Å². The molecule has 8 nitrogen and oxygen atoms in total. The molecule has 9 heteroatoms. The molecule has 0 bridgehead atoms. The van der Waals surface area contributed by atoms with Crippen LogP contribution < -0.4 is 10.6 Å². The second-order valence-corrected chi connectivity index (χ2v) is 8.28. The molecule has 2 N–H and O–H groups in total. The van der Waals surface area contributed by atoms with E-state index in [1.54, 1.807) is 22.5 Å². The fourth-order valence-electron chi connectivity index (χ4n) is 3.45. The summed E-state index contributed by atoms with van der Waals surface area (Å²) in [4.78, 5) is 38.5. The highest BCUT2D eigenvalue weighted by Crippen LogP contribution is 2.33. The Morgan fingerprint density at radius 1 is 1.29 bits per heavy atom. The van der Waals surface area contributed by atoms with Crippen LogP contribution in [0, 0.1) is 13.8 Å². The van der Waals surface area contributed by atoms with Gasteiger partial charge in [-0.05, 0) is 38.2 Å². The average molecular weight is 399 g/mol. The number of rotatable bonds is 4. The number of nitrogens with zero attached hydrogens (tertiary/aromatic N) is 3. The fourth-order valence-corrected chi connectivity index (χ4v) is 4.77. The number of amides is 4. The van der Waals surface area contributed by atoms with Gasteiger partial charge >= 0.3 is 6.03 Å². The van der Waals surface area contributed by atoms with E-state index in [4.69, 9.17) is 0 Å². The number of urea groups is 1. The fraction of sp³-hybridized carbons (Fsp3) is 0.368. The van der Waals surface area contributed by atoms with E-state index in [0.29, 0.717) is 18.0 Å². The maximum atomic E-state index is 12.7. The molecule has 2 aliphatic heterocycles. The van der Waals surface area contributed by atoms with E-state index in [-0.39, 0.29) is 12.5 Å². The third-order valence-corrected chi connectivity index (χ3v) is 6.14. The van der Waals surface area contributed by atoms with Crippen molar-refractivity contribution in [3.05, 3.63) is 41.6 Å². The largest absolute Gasteiger partial charge is 0.325 e. The number of benzene rings is 1. The molecule has 0 saturated carbocycles. The molecule has 0 radical (unpaired) electrons. The van der Waals surface area contributed by atoms with Crippen molar-refractivity contribution in [3.8, 4) is 5.69 Å². The lowest BCUT2D eigenvalue weighted by molar-refractivity contribution is -0.133. The maximum absolute atomic E-state index is 12.7. The first-order valence-corrected chi connectivity index (χ1v) is 10.2. The van der Waals surface area contributed by atoms with Crippen LogP contribution in [0.4, 0.5) is 10.6 Å². The quantitative estimate of drug-likeness (QED) is 0.765. The Bertz CT molecular complexity index is 947. The molecule has 3 heterocycles. The van der Waals surface area contributed by atoms with Crippen LogP contribution in [0.15, 0.2) is 30.3 Å². The molecular weight excluding hydrogens is 378 g/mol. The highest BCUT2D eigenvalue weighted by atomic mass is 32.2.